The number of para-hydroxylation sites is 1. The van der Waals surface area contributed by atoms with E-state index in [9.17, 15) is 0 Å². The normalized spacial score (nSPS) is 17.8. The second-order valence-corrected chi connectivity index (χ2v) is 5.76. The molecule has 0 amide bonds. The molecular formula is C16H26N2. The van der Waals surface area contributed by atoms with Crippen LogP contribution in [0.1, 0.15) is 44.6 Å². The highest BCUT2D eigenvalue weighted by atomic mass is 14.9. The average Bonchev–Trinajstić information content (AvgIpc) is 2.77. The molecule has 0 fully saturated rings. The molecule has 18 heavy (non-hydrogen) atoms. The lowest BCUT2D eigenvalue weighted by Crippen LogP contribution is -2.23. The number of fused-ring (bicyclic) bond motifs is 1. The van der Waals surface area contributed by atoms with E-state index in [1.807, 2.05) is 0 Å². The van der Waals surface area contributed by atoms with Crippen molar-refractivity contribution in [2.24, 2.45) is 5.92 Å². The van der Waals surface area contributed by atoms with Gasteiger partial charge in [-0.05, 0) is 30.5 Å². The third-order valence-corrected chi connectivity index (χ3v) is 3.72. The number of unbranched alkanes of at least 4 members (excludes halogenated alkanes) is 1. The molecule has 1 atom stereocenters. The molecular weight excluding hydrogens is 220 g/mol. The van der Waals surface area contributed by atoms with E-state index in [2.05, 4.69) is 48.7 Å². The van der Waals surface area contributed by atoms with Crippen LogP contribution in [0.25, 0.3) is 0 Å². The van der Waals surface area contributed by atoms with Crippen LogP contribution in [0.15, 0.2) is 24.3 Å². The Morgan fingerprint density at radius 2 is 2.11 bits per heavy atom. The van der Waals surface area contributed by atoms with Crippen LogP contribution in [-0.4, -0.2) is 19.6 Å². The molecule has 1 aliphatic rings. The summed E-state index contributed by atoms with van der Waals surface area (Å²) in [4.78, 5) is 0. The van der Waals surface area contributed by atoms with Gasteiger partial charge in [-0.2, -0.15) is 0 Å². The number of rotatable bonds is 7. The molecule has 1 aliphatic heterocycles. The van der Waals surface area contributed by atoms with Gasteiger partial charge in [0.25, 0.3) is 0 Å². The summed E-state index contributed by atoms with van der Waals surface area (Å²) >= 11 is 0. The van der Waals surface area contributed by atoms with Crippen molar-refractivity contribution in [3.8, 4) is 0 Å². The Balaban J connectivity index is 1.64. The maximum absolute atomic E-state index is 3.60. The van der Waals surface area contributed by atoms with Gasteiger partial charge in [0, 0.05) is 24.7 Å². The Morgan fingerprint density at radius 3 is 2.94 bits per heavy atom. The van der Waals surface area contributed by atoms with E-state index in [0.717, 1.165) is 25.6 Å². The Bertz CT molecular complexity index is 360. The van der Waals surface area contributed by atoms with Crippen molar-refractivity contribution in [2.45, 2.75) is 39.0 Å². The minimum Gasteiger partial charge on any atom is -0.384 e. The highest BCUT2D eigenvalue weighted by molar-refractivity contribution is 5.57. The van der Waals surface area contributed by atoms with Crippen molar-refractivity contribution in [1.82, 2.24) is 5.32 Å². The molecule has 0 aliphatic carbocycles. The Hall–Kier alpha value is -1.02. The second-order valence-electron chi connectivity index (χ2n) is 5.76. The zero-order valence-electron chi connectivity index (χ0n) is 11.7. The minimum absolute atomic E-state index is 0.645. The lowest BCUT2D eigenvalue weighted by molar-refractivity contribution is 0.513. The summed E-state index contributed by atoms with van der Waals surface area (Å²) in [5, 5.41) is 7.08. The second kappa shape index (κ2) is 6.79. The number of anilines is 1. The fourth-order valence-electron chi connectivity index (χ4n) is 2.62. The molecule has 1 aromatic rings. The summed E-state index contributed by atoms with van der Waals surface area (Å²) in [5.74, 6) is 1.49. The minimum atomic E-state index is 0.645. The SMILES string of the molecule is CC(C)CCCCNCC1CNc2ccccc21. The van der Waals surface area contributed by atoms with Crippen LogP contribution in [0.2, 0.25) is 0 Å². The first-order chi connectivity index (χ1) is 8.77. The first-order valence-corrected chi connectivity index (χ1v) is 7.31. The number of hydrogen-bond acceptors (Lipinski definition) is 2. The first kappa shape index (κ1) is 13.4. The summed E-state index contributed by atoms with van der Waals surface area (Å²) < 4.78 is 0. The predicted molar refractivity (Wildman–Crippen MR) is 79.2 cm³/mol. The van der Waals surface area contributed by atoms with E-state index in [1.165, 1.54) is 30.5 Å². The first-order valence-electron chi connectivity index (χ1n) is 7.31. The van der Waals surface area contributed by atoms with Gasteiger partial charge in [-0.15, -0.1) is 0 Å². The Labute approximate surface area is 111 Å². The third kappa shape index (κ3) is 3.74. The standard InChI is InChI=1S/C16H26N2/c1-13(2)7-5-6-10-17-11-14-12-18-16-9-4-3-8-15(14)16/h3-4,8-9,13-14,17-18H,5-7,10-12H2,1-2H3. The number of hydrogen-bond donors (Lipinski definition) is 2. The summed E-state index contributed by atoms with van der Waals surface area (Å²) in [6.07, 6.45) is 4.01. The molecule has 100 valence electrons. The highest BCUT2D eigenvalue weighted by Gasteiger charge is 2.20. The Kier molecular flexibility index (Phi) is 5.06. The van der Waals surface area contributed by atoms with Crippen LogP contribution >= 0.6 is 0 Å². The van der Waals surface area contributed by atoms with Gasteiger partial charge in [0.1, 0.15) is 0 Å². The number of benzene rings is 1. The Morgan fingerprint density at radius 1 is 1.28 bits per heavy atom. The smallest absolute Gasteiger partial charge is 0.0376 e. The van der Waals surface area contributed by atoms with Crippen molar-refractivity contribution in [3.05, 3.63) is 29.8 Å². The van der Waals surface area contributed by atoms with E-state index in [1.54, 1.807) is 0 Å². The van der Waals surface area contributed by atoms with Crippen LogP contribution in [0.4, 0.5) is 5.69 Å². The predicted octanol–water partition coefficient (Wildman–Crippen LogP) is 3.61. The third-order valence-electron chi connectivity index (χ3n) is 3.72. The van der Waals surface area contributed by atoms with Gasteiger partial charge in [-0.3, -0.25) is 0 Å². The molecule has 0 aromatic heterocycles. The van der Waals surface area contributed by atoms with Crippen molar-refractivity contribution in [3.63, 3.8) is 0 Å². The molecule has 1 aromatic carbocycles. The molecule has 1 unspecified atom stereocenters. The van der Waals surface area contributed by atoms with E-state index in [-0.39, 0.29) is 0 Å². The van der Waals surface area contributed by atoms with Gasteiger partial charge < -0.3 is 10.6 Å². The van der Waals surface area contributed by atoms with Gasteiger partial charge in [-0.25, -0.2) is 0 Å². The molecule has 2 rings (SSSR count). The topological polar surface area (TPSA) is 24.1 Å². The maximum Gasteiger partial charge on any atom is 0.0376 e. The summed E-state index contributed by atoms with van der Waals surface area (Å²) in [7, 11) is 0. The maximum atomic E-state index is 3.60. The fraction of sp³-hybridized carbons (Fsp3) is 0.625. The van der Waals surface area contributed by atoms with Gasteiger partial charge in [0.05, 0.1) is 0 Å². The van der Waals surface area contributed by atoms with E-state index < -0.39 is 0 Å². The molecule has 0 spiro atoms. The molecule has 2 nitrogen and oxygen atoms in total. The lowest BCUT2D eigenvalue weighted by atomic mass is 10.0. The summed E-state index contributed by atoms with van der Waals surface area (Å²) in [6, 6.07) is 8.67. The van der Waals surface area contributed by atoms with Crippen LogP contribution in [0, 0.1) is 5.92 Å². The van der Waals surface area contributed by atoms with E-state index in [0.29, 0.717) is 5.92 Å². The van der Waals surface area contributed by atoms with Crippen LogP contribution < -0.4 is 10.6 Å². The van der Waals surface area contributed by atoms with Gasteiger partial charge in [0.2, 0.25) is 0 Å². The van der Waals surface area contributed by atoms with Crippen LogP contribution in [0.5, 0.6) is 0 Å². The van der Waals surface area contributed by atoms with Gasteiger partial charge in [-0.1, -0.05) is 44.9 Å². The zero-order chi connectivity index (χ0) is 12.8. The lowest BCUT2D eigenvalue weighted by Gasteiger charge is -2.11. The van der Waals surface area contributed by atoms with Crippen LogP contribution in [0.3, 0.4) is 0 Å². The van der Waals surface area contributed by atoms with Gasteiger partial charge in [0.15, 0.2) is 0 Å². The average molecular weight is 246 g/mol. The van der Waals surface area contributed by atoms with Crippen molar-refractivity contribution >= 4 is 5.69 Å². The van der Waals surface area contributed by atoms with E-state index >= 15 is 0 Å². The fourth-order valence-corrected chi connectivity index (χ4v) is 2.62. The number of nitrogens with one attached hydrogen (secondary N) is 2. The largest absolute Gasteiger partial charge is 0.384 e. The molecule has 1 heterocycles. The summed E-state index contributed by atoms with van der Waals surface area (Å²) in [6.45, 7) is 7.94. The van der Waals surface area contributed by atoms with Crippen molar-refractivity contribution < 1.29 is 0 Å². The van der Waals surface area contributed by atoms with Crippen molar-refractivity contribution in [2.75, 3.05) is 25.0 Å². The highest BCUT2D eigenvalue weighted by Crippen LogP contribution is 2.30. The van der Waals surface area contributed by atoms with Crippen molar-refractivity contribution in [1.29, 1.82) is 0 Å². The monoisotopic (exact) mass is 246 g/mol. The molecule has 0 saturated heterocycles. The zero-order valence-corrected chi connectivity index (χ0v) is 11.7. The molecule has 0 radical (unpaired) electrons. The summed E-state index contributed by atoms with van der Waals surface area (Å²) in [5.41, 5.74) is 2.80. The van der Waals surface area contributed by atoms with Crippen LogP contribution in [-0.2, 0) is 0 Å². The van der Waals surface area contributed by atoms with E-state index in [4.69, 9.17) is 0 Å². The van der Waals surface area contributed by atoms with Gasteiger partial charge >= 0.3 is 0 Å². The quantitative estimate of drug-likeness (QED) is 0.718. The molecule has 2 N–H and O–H groups in total. The molecule has 2 heteroatoms. The molecule has 0 saturated carbocycles. The molecule has 0 bridgehead atoms.